The zero-order valence-electron chi connectivity index (χ0n) is 6.70. The lowest BCUT2D eigenvalue weighted by Crippen LogP contribution is -1.88. The second kappa shape index (κ2) is 2.09. The smallest absolute Gasteiger partial charge is 0.139 e. The Morgan fingerprint density at radius 3 is 2.73 bits per heavy atom. The minimum Gasteiger partial charge on any atom is -0.308 e. The van der Waals surface area contributed by atoms with Crippen molar-refractivity contribution < 1.29 is 0 Å². The molecular formula is C9H10N2. The van der Waals surface area contributed by atoms with Crippen molar-refractivity contribution in [1.82, 2.24) is 9.38 Å². The molecule has 0 amide bonds. The summed E-state index contributed by atoms with van der Waals surface area (Å²) in [6, 6.07) is 4.08. The summed E-state index contributed by atoms with van der Waals surface area (Å²) in [5.74, 6) is 0. The van der Waals surface area contributed by atoms with E-state index in [9.17, 15) is 0 Å². The monoisotopic (exact) mass is 146 g/mol. The third kappa shape index (κ3) is 0.909. The van der Waals surface area contributed by atoms with Crippen LogP contribution in [0.2, 0.25) is 0 Å². The summed E-state index contributed by atoms with van der Waals surface area (Å²) in [7, 11) is 0. The van der Waals surface area contributed by atoms with Gasteiger partial charge < -0.3 is 4.40 Å². The maximum atomic E-state index is 4.40. The summed E-state index contributed by atoms with van der Waals surface area (Å²) in [6.07, 6.45) is 4.06. The van der Waals surface area contributed by atoms with Gasteiger partial charge in [-0.1, -0.05) is 0 Å². The molecule has 0 aliphatic carbocycles. The molecule has 0 atom stereocenters. The fourth-order valence-electron chi connectivity index (χ4n) is 1.20. The Morgan fingerprint density at radius 2 is 1.91 bits per heavy atom. The topological polar surface area (TPSA) is 17.3 Å². The van der Waals surface area contributed by atoms with Crippen molar-refractivity contribution in [2.24, 2.45) is 0 Å². The second-order valence-corrected chi connectivity index (χ2v) is 2.80. The number of rotatable bonds is 0. The highest BCUT2D eigenvalue weighted by Crippen LogP contribution is 2.08. The van der Waals surface area contributed by atoms with E-state index in [2.05, 4.69) is 18.0 Å². The van der Waals surface area contributed by atoms with Crippen LogP contribution < -0.4 is 0 Å². The molecule has 0 N–H and O–H groups in total. The Kier molecular flexibility index (Phi) is 1.22. The number of aryl methyl sites for hydroxylation is 2. The van der Waals surface area contributed by atoms with Crippen molar-refractivity contribution in [2.75, 3.05) is 0 Å². The maximum Gasteiger partial charge on any atom is 0.139 e. The molecule has 0 fully saturated rings. The number of aromatic nitrogens is 2. The fraction of sp³-hybridized carbons (Fsp3) is 0.222. The lowest BCUT2D eigenvalue weighted by Gasteiger charge is -1.95. The SMILES string of the molecule is Cc1ccn2ccc(C)c2n1. The largest absolute Gasteiger partial charge is 0.308 e. The van der Waals surface area contributed by atoms with Gasteiger partial charge in [-0.3, -0.25) is 0 Å². The number of hydrogen-bond acceptors (Lipinski definition) is 1. The average Bonchev–Trinajstić information content (AvgIpc) is 2.33. The summed E-state index contributed by atoms with van der Waals surface area (Å²) in [6.45, 7) is 4.08. The first-order chi connectivity index (χ1) is 5.27. The molecule has 2 aromatic rings. The molecule has 2 nitrogen and oxygen atoms in total. The molecule has 2 aromatic heterocycles. The molecule has 2 rings (SSSR count). The van der Waals surface area contributed by atoms with Crippen LogP contribution in [0.5, 0.6) is 0 Å². The Hall–Kier alpha value is -1.31. The fourth-order valence-corrected chi connectivity index (χ4v) is 1.20. The molecule has 0 bridgehead atoms. The molecule has 2 heterocycles. The van der Waals surface area contributed by atoms with Gasteiger partial charge in [-0.15, -0.1) is 0 Å². The normalized spacial score (nSPS) is 10.7. The van der Waals surface area contributed by atoms with Gasteiger partial charge >= 0.3 is 0 Å². The van der Waals surface area contributed by atoms with Crippen molar-refractivity contribution in [2.45, 2.75) is 13.8 Å². The number of fused-ring (bicyclic) bond motifs is 1. The molecule has 0 saturated carbocycles. The molecule has 0 saturated heterocycles. The van der Waals surface area contributed by atoms with E-state index < -0.39 is 0 Å². The van der Waals surface area contributed by atoms with Crippen LogP contribution in [-0.2, 0) is 0 Å². The highest BCUT2D eigenvalue weighted by atomic mass is 15.0. The lowest BCUT2D eigenvalue weighted by atomic mass is 10.3. The quantitative estimate of drug-likeness (QED) is 0.555. The van der Waals surface area contributed by atoms with Gasteiger partial charge in [-0.2, -0.15) is 0 Å². The van der Waals surface area contributed by atoms with Gasteiger partial charge in [-0.05, 0) is 31.5 Å². The van der Waals surface area contributed by atoms with Crippen LogP contribution >= 0.6 is 0 Å². The third-order valence-corrected chi connectivity index (χ3v) is 1.84. The predicted molar refractivity (Wildman–Crippen MR) is 44.7 cm³/mol. The molecule has 0 aromatic carbocycles. The third-order valence-electron chi connectivity index (χ3n) is 1.84. The predicted octanol–water partition coefficient (Wildman–Crippen LogP) is 1.95. The van der Waals surface area contributed by atoms with E-state index in [1.165, 1.54) is 5.56 Å². The van der Waals surface area contributed by atoms with Crippen LogP contribution in [0.25, 0.3) is 5.65 Å². The summed E-state index contributed by atoms with van der Waals surface area (Å²) in [5.41, 5.74) is 3.36. The highest BCUT2D eigenvalue weighted by molar-refractivity contribution is 5.47. The molecule has 11 heavy (non-hydrogen) atoms. The van der Waals surface area contributed by atoms with E-state index in [0.717, 1.165) is 11.3 Å². The van der Waals surface area contributed by atoms with Crippen LogP contribution in [-0.4, -0.2) is 9.38 Å². The first kappa shape index (κ1) is 6.40. The van der Waals surface area contributed by atoms with Gasteiger partial charge in [0, 0.05) is 18.1 Å². The van der Waals surface area contributed by atoms with Gasteiger partial charge in [0.25, 0.3) is 0 Å². The molecule has 0 unspecified atom stereocenters. The van der Waals surface area contributed by atoms with Crippen LogP contribution in [0.15, 0.2) is 24.5 Å². The van der Waals surface area contributed by atoms with Crippen molar-refractivity contribution in [1.29, 1.82) is 0 Å². The van der Waals surface area contributed by atoms with E-state index in [1.807, 2.05) is 29.8 Å². The molecule has 2 heteroatoms. The summed E-state index contributed by atoms with van der Waals surface area (Å²) < 4.78 is 2.03. The van der Waals surface area contributed by atoms with E-state index in [1.54, 1.807) is 0 Å². The van der Waals surface area contributed by atoms with Crippen molar-refractivity contribution in [3.05, 3.63) is 35.8 Å². The Bertz CT molecular complexity index is 387. The molecule has 0 aliphatic heterocycles. The van der Waals surface area contributed by atoms with E-state index in [-0.39, 0.29) is 0 Å². The minimum absolute atomic E-state index is 1.06. The van der Waals surface area contributed by atoms with Crippen LogP contribution in [0, 0.1) is 13.8 Å². The molecular weight excluding hydrogens is 136 g/mol. The summed E-state index contributed by atoms with van der Waals surface area (Å²) >= 11 is 0. The van der Waals surface area contributed by atoms with Crippen LogP contribution in [0.3, 0.4) is 0 Å². The van der Waals surface area contributed by atoms with Gasteiger partial charge in [0.15, 0.2) is 0 Å². The zero-order valence-corrected chi connectivity index (χ0v) is 6.70. The van der Waals surface area contributed by atoms with E-state index in [0.29, 0.717) is 0 Å². The molecule has 0 spiro atoms. The average molecular weight is 146 g/mol. The second-order valence-electron chi connectivity index (χ2n) is 2.80. The van der Waals surface area contributed by atoms with Crippen molar-refractivity contribution in [3.63, 3.8) is 0 Å². The lowest BCUT2D eigenvalue weighted by molar-refractivity contribution is 1.09. The van der Waals surface area contributed by atoms with Gasteiger partial charge in [-0.25, -0.2) is 4.98 Å². The summed E-state index contributed by atoms with van der Waals surface area (Å²) in [5, 5.41) is 0. The minimum atomic E-state index is 1.06. The molecule has 0 radical (unpaired) electrons. The summed E-state index contributed by atoms with van der Waals surface area (Å²) in [4.78, 5) is 4.40. The van der Waals surface area contributed by atoms with E-state index >= 15 is 0 Å². The van der Waals surface area contributed by atoms with Crippen molar-refractivity contribution >= 4 is 5.65 Å². The Balaban J connectivity index is 2.87. The zero-order chi connectivity index (χ0) is 7.84. The van der Waals surface area contributed by atoms with Gasteiger partial charge in [0.05, 0.1) is 0 Å². The molecule has 0 aliphatic rings. The van der Waals surface area contributed by atoms with Gasteiger partial charge in [0.2, 0.25) is 0 Å². The first-order valence-corrected chi connectivity index (χ1v) is 3.68. The van der Waals surface area contributed by atoms with Crippen LogP contribution in [0.4, 0.5) is 0 Å². The van der Waals surface area contributed by atoms with E-state index in [4.69, 9.17) is 0 Å². The Labute approximate surface area is 65.5 Å². The standard InChI is InChI=1S/C9H10N2/c1-7-3-5-11-6-4-8(2)10-9(7)11/h3-6H,1-2H3. The Morgan fingerprint density at radius 1 is 1.18 bits per heavy atom. The van der Waals surface area contributed by atoms with Crippen LogP contribution in [0.1, 0.15) is 11.3 Å². The number of hydrogen-bond donors (Lipinski definition) is 0. The highest BCUT2D eigenvalue weighted by Gasteiger charge is 1.97. The van der Waals surface area contributed by atoms with Crippen molar-refractivity contribution in [3.8, 4) is 0 Å². The molecule has 56 valence electrons. The maximum absolute atomic E-state index is 4.40. The number of nitrogens with zero attached hydrogens (tertiary/aromatic N) is 2. The first-order valence-electron chi connectivity index (χ1n) is 3.68. The van der Waals surface area contributed by atoms with Gasteiger partial charge in [0.1, 0.15) is 5.65 Å².